The minimum absolute atomic E-state index is 0.183. The molecule has 0 amide bonds. The van der Waals surface area contributed by atoms with Crippen LogP contribution in [0, 0.1) is 0 Å². The molecule has 0 unspecified atom stereocenters. The van der Waals surface area contributed by atoms with Crippen LogP contribution in [0.15, 0.2) is 23.2 Å². The van der Waals surface area contributed by atoms with Gasteiger partial charge in [0.25, 0.3) is 0 Å². The molecule has 6 N–H and O–H groups in total. The average molecular weight is 238 g/mol. The first-order chi connectivity index (χ1) is 7.56. The van der Waals surface area contributed by atoms with E-state index in [1.54, 1.807) is 6.07 Å². The number of hydrogen-bond acceptors (Lipinski definition) is 5. The number of aromatic hydroxyl groups is 2. The summed E-state index contributed by atoms with van der Waals surface area (Å²) in [5, 5.41) is 24.4. The first kappa shape index (κ1) is 10.5. The molecule has 16 heavy (non-hydrogen) atoms. The van der Waals surface area contributed by atoms with Crippen molar-refractivity contribution in [3.05, 3.63) is 23.8 Å². The lowest BCUT2D eigenvalue weighted by atomic mass is 10.1. The molecule has 1 aromatic carbocycles. The number of guanidine groups is 1. The van der Waals surface area contributed by atoms with Crippen LogP contribution in [-0.4, -0.2) is 21.3 Å². The monoisotopic (exact) mass is 238 g/mol. The third-order valence-corrected chi connectivity index (χ3v) is 2.31. The smallest absolute Gasteiger partial charge is 0.197 e. The zero-order valence-corrected chi connectivity index (χ0v) is 8.95. The van der Waals surface area contributed by atoms with Gasteiger partial charge in [-0.2, -0.15) is 0 Å². The summed E-state index contributed by atoms with van der Waals surface area (Å²) in [4.78, 5) is 4.07. The third kappa shape index (κ3) is 1.98. The molecule has 1 aromatic rings. The summed E-state index contributed by atoms with van der Waals surface area (Å²) in [6.07, 6.45) is -0.458. The number of phenolic OH excluding ortho intramolecular Hbond substituents is 2. The molecule has 2 rings (SSSR count). The molecule has 0 saturated carbocycles. The summed E-state index contributed by atoms with van der Waals surface area (Å²) in [6, 6.07) is 4.40. The molecule has 0 aliphatic carbocycles. The first-order valence-electron chi connectivity index (χ1n) is 4.49. The average Bonchev–Trinajstić information content (AvgIpc) is 2.20. The van der Waals surface area contributed by atoms with Crippen LogP contribution in [0.3, 0.4) is 0 Å². The molecule has 0 fully saturated rings. The molecule has 1 aliphatic heterocycles. The Morgan fingerprint density at radius 2 is 2.06 bits per heavy atom. The van der Waals surface area contributed by atoms with Gasteiger partial charge in [0.1, 0.15) is 6.17 Å². The van der Waals surface area contributed by atoms with E-state index in [2.05, 4.69) is 15.6 Å². The Bertz CT molecular complexity index is 475. The Balaban J connectivity index is 2.33. The van der Waals surface area contributed by atoms with Crippen molar-refractivity contribution in [2.24, 2.45) is 10.7 Å². The molecule has 6 nitrogen and oxygen atoms in total. The van der Waals surface area contributed by atoms with Gasteiger partial charge >= 0.3 is 0 Å². The second-order valence-corrected chi connectivity index (χ2v) is 3.67. The van der Waals surface area contributed by atoms with E-state index < -0.39 is 6.17 Å². The van der Waals surface area contributed by atoms with E-state index in [1.165, 1.54) is 12.1 Å². The number of aliphatic imine (C=N–C) groups is 1. The molecule has 0 saturated heterocycles. The van der Waals surface area contributed by atoms with Crippen LogP contribution in [0.5, 0.6) is 11.5 Å². The van der Waals surface area contributed by atoms with Crippen molar-refractivity contribution in [2.75, 3.05) is 0 Å². The van der Waals surface area contributed by atoms with Gasteiger partial charge in [-0.15, -0.1) is 0 Å². The summed E-state index contributed by atoms with van der Waals surface area (Å²) >= 11 is 4.92. The normalized spacial score (nSPS) is 19.6. The van der Waals surface area contributed by atoms with Gasteiger partial charge in [-0.25, -0.2) is 4.99 Å². The molecule has 0 aromatic heterocycles. The highest BCUT2D eigenvalue weighted by Gasteiger charge is 2.18. The molecule has 0 bridgehead atoms. The standard InChI is InChI=1S/C9H10N4O2S/c10-8-11-7(12-9(16)13-8)4-1-2-5(14)6(15)3-4/h1-3,7,14-15H,(H4,10,11,12,13,16)/t7-/m0/s1. The second-order valence-electron chi connectivity index (χ2n) is 3.26. The van der Waals surface area contributed by atoms with E-state index in [0.29, 0.717) is 10.7 Å². The van der Waals surface area contributed by atoms with Crippen molar-refractivity contribution in [2.45, 2.75) is 6.17 Å². The number of benzene rings is 1. The lowest BCUT2D eigenvalue weighted by molar-refractivity contribution is 0.402. The number of rotatable bonds is 1. The Morgan fingerprint density at radius 1 is 1.31 bits per heavy atom. The molecule has 0 spiro atoms. The minimum Gasteiger partial charge on any atom is -0.504 e. The highest BCUT2D eigenvalue weighted by Crippen LogP contribution is 2.28. The lowest BCUT2D eigenvalue weighted by Gasteiger charge is -2.23. The van der Waals surface area contributed by atoms with Gasteiger partial charge in [-0.05, 0) is 24.4 Å². The Morgan fingerprint density at radius 3 is 2.69 bits per heavy atom. The summed E-state index contributed by atoms with van der Waals surface area (Å²) in [6.45, 7) is 0. The molecular weight excluding hydrogens is 228 g/mol. The molecule has 84 valence electrons. The van der Waals surface area contributed by atoms with Crippen LogP contribution in [0.2, 0.25) is 0 Å². The van der Waals surface area contributed by atoms with Crippen LogP contribution in [0.4, 0.5) is 0 Å². The van der Waals surface area contributed by atoms with Crippen molar-refractivity contribution in [1.82, 2.24) is 10.6 Å². The number of phenols is 2. The van der Waals surface area contributed by atoms with E-state index in [0.717, 1.165) is 0 Å². The van der Waals surface area contributed by atoms with Crippen molar-refractivity contribution < 1.29 is 10.2 Å². The van der Waals surface area contributed by atoms with E-state index >= 15 is 0 Å². The maximum Gasteiger partial charge on any atom is 0.197 e. The summed E-state index contributed by atoms with van der Waals surface area (Å²) in [7, 11) is 0. The topological polar surface area (TPSA) is 103 Å². The molecule has 1 aliphatic rings. The van der Waals surface area contributed by atoms with Gasteiger partial charge < -0.3 is 26.6 Å². The Hall–Kier alpha value is -2.02. The zero-order valence-electron chi connectivity index (χ0n) is 8.14. The predicted molar refractivity (Wildman–Crippen MR) is 63.0 cm³/mol. The Kier molecular flexibility index (Phi) is 2.53. The van der Waals surface area contributed by atoms with Crippen LogP contribution < -0.4 is 16.4 Å². The highest BCUT2D eigenvalue weighted by molar-refractivity contribution is 7.80. The van der Waals surface area contributed by atoms with Crippen molar-refractivity contribution in [3.8, 4) is 11.5 Å². The summed E-state index contributed by atoms with van der Waals surface area (Å²) in [5.41, 5.74) is 6.18. The quantitative estimate of drug-likeness (QED) is 0.345. The van der Waals surface area contributed by atoms with Gasteiger partial charge in [-0.1, -0.05) is 6.07 Å². The van der Waals surface area contributed by atoms with Gasteiger partial charge in [-0.3, -0.25) is 0 Å². The number of nitrogens with two attached hydrogens (primary N) is 1. The Labute approximate surface area is 96.8 Å². The molecule has 0 radical (unpaired) electrons. The minimum atomic E-state index is -0.458. The summed E-state index contributed by atoms with van der Waals surface area (Å²) in [5.74, 6) is -0.184. The van der Waals surface area contributed by atoms with E-state index in [-0.39, 0.29) is 17.5 Å². The SMILES string of the molecule is NC1=N[C@H](c2ccc(O)c(O)c2)NC(=S)N1. The van der Waals surface area contributed by atoms with E-state index in [4.69, 9.17) is 18.0 Å². The molecular formula is C9H10N4O2S. The molecule has 1 atom stereocenters. The number of hydrogen-bond donors (Lipinski definition) is 5. The fourth-order valence-corrected chi connectivity index (χ4v) is 1.56. The largest absolute Gasteiger partial charge is 0.504 e. The van der Waals surface area contributed by atoms with Crippen LogP contribution >= 0.6 is 12.2 Å². The molecule has 7 heteroatoms. The predicted octanol–water partition coefficient (Wildman–Crippen LogP) is -0.111. The maximum absolute atomic E-state index is 9.36. The molecule has 1 heterocycles. The number of nitrogens with one attached hydrogen (secondary N) is 2. The van der Waals surface area contributed by atoms with Crippen molar-refractivity contribution in [3.63, 3.8) is 0 Å². The second kappa shape index (κ2) is 3.86. The van der Waals surface area contributed by atoms with Crippen molar-refractivity contribution in [1.29, 1.82) is 0 Å². The van der Waals surface area contributed by atoms with Crippen molar-refractivity contribution >= 4 is 23.3 Å². The highest BCUT2D eigenvalue weighted by atomic mass is 32.1. The van der Waals surface area contributed by atoms with E-state index in [9.17, 15) is 10.2 Å². The first-order valence-corrected chi connectivity index (χ1v) is 4.90. The fourth-order valence-electron chi connectivity index (χ4n) is 1.35. The van der Waals surface area contributed by atoms with Crippen LogP contribution in [0.25, 0.3) is 0 Å². The van der Waals surface area contributed by atoms with Crippen LogP contribution in [-0.2, 0) is 0 Å². The lowest BCUT2D eigenvalue weighted by Crippen LogP contribution is -2.49. The third-order valence-electron chi connectivity index (χ3n) is 2.09. The maximum atomic E-state index is 9.36. The fraction of sp³-hybridized carbons (Fsp3) is 0.111. The van der Waals surface area contributed by atoms with Gasteiger partial charge in [0, 0.05) is 5.56 Å². The van der Waals surface area contributed by atoms with Crippen LogP contribution in [0.1, 0.15) is 11.7 Å². The number of nitrogens with zero attached hydrogens (tertiary/aromatic N) is 1. The summed E-state index contributed by atoms with van der Waals surface area (Å²) < 4.78 is 0. The van der Waals surface area contributed by atoms with Gasteiger partial charge in [0.05, 0.1) is 0 Å². The number of thiocarbonyl (C=S) groups is 1. The van der Waals surface area contributed by atoms with Gasteiger partial charge in [0.15, 0.2) is 22.6 Å². The van der Waals surface area contributed by atoms with E-state index in [1.807, 2.05) is 0 Å². The van der Waals surface area contributed by atoms with Gasteiger partial charge in [0.2, 0.25) is 0 Å². The zero-order chi connectivity index (χ0) is 11.7.